The number of hydrogen-bond donors (Lipinski definition) is 1. The van der Waals surface area contributed by atoms with Gasteiger partial charge < -0.3 is 5.73 Å². The third-order valence-electron chi connectivity index (χ3n) is 2.83. The molecule has 2 heterocycles. The van der Waals surface area contributed by atoms with Crippen molar-refractivity contribution in [1.82, 2.24) is 14.5 Å². The van der Waals surface area contributed by atoms with Crippen LogP contribution in [-0.2, 0) is 0 Å². The highest BCUT2D eigenvalue weighted by atomic mass is 35.5. The summed E-state index contributed by atoms with van der Waals surface area (Å²) in [5.74, 6) is 0.227. The van der Waals surface area contributed by atoms with Gasteiger partial charge in [0.05, 0.1) is 5.02 Å². The number of nitrogens with zero attached hydrogens (tertiary/aromatic N) is 3. The number of nitrogen functional groups attached to an aromatic ring is 1. The van der Waals surface area contributed by atoms with Crippen LogP contribution in [0.2, 0.25) is 5.02 Å². The van der Waals surface area contributed by atoms with Gasteiger partial charge in [-0.25, -0.2) is 14.4 Å². The molecule has 100 valence electrons. The Balaban J connectivity index is 2.12. The minimum Gasteiger partial charge on any atom is -0.399 e. The topological polar surface area (TPSA) is 56.7 Å². The summed E-state index contributed by atoms with van der Waals surface area (Å²) in [6, 6.07) is 8.39. The van der Waals surface area contributed by atoms with E-state index in [4.69, 9.17) is 17.3 Å². The molecular weight excluding hydrogens is 279 g/mol. The number of anilines is 1. The van der Waals surface area contributed by atoms with Gasteiger partial charge in [-0.15, -0.1) is 0 Å². The molecule has 0 aliphatic heterocycles. The van der Waals surface area contributed by atoms with Gasteiger partial charge in [0.25, 0.3) is 0 Å². The van der Waals surface area contributed by atoms with Gasteiger partial charge in [-0.1, -0.05) is 11.6 Å². The maximum absolute atomic E-state index is 14.0. The first-order valence-electron chi connectivity index (χ1n) is 5.86. The highest BCUT2D eigenvalue weighted by Gasteiger charge is 2.12. The van der Waals surface area contributed by atoms with Crippen molar-refractivity contribution in [2.24, 2.45) is 0 Å². The number of pyridine rings is 1. The first-order chi connectivity index (χ1) is 9.65. The zero-order valence-corrected chi connectivity index (χ0v) is 11.0. The summed E-state index contributed by atoms with van der Waals surface area (Å²) in [4.78, 5) is 8.25. The Labute approximate surface area is 119 Å². The Hall–Kier alpha value is -2.40. The molecule has 0 aliphatic rings. The predicted octanol–water partition coefficient (Wildman–Crippen LogP) is 3.31. The van der Waals surface area contributed by atoms with E-state index in [1.54, 1.807) is 29.1 Å². The van der Waals surface area contributed by atoms with Gasteiger partial charge in [-0.2, -0.15) is 0 Å². The smallest absolute Gasteiger partial charge is 0.174 e. The van der Waals surface area contributed by atoms with Crippen molar-refractivity contribution in [3.05, 3.63) is 59.8 Å². The van der Waals surface area contributed by atoms with E-state index in [1.165, 1.54) is 12.3 Å². The number of imidazole rings is 1. The summed E-state index contributed by atoms with van der Waals surface area (Å²) in [6.07, 6.45) is 4.62. The standard InChI is InChI=1S/C14H10ClFN4/c15-10-7-12(16)14(19-8-10)20-6-5-18-13(20)9-1-3-11(17)4-2-9/h1-8H,17H2. The summed E-state index contributed by atoms with van der Waals surface area (Å²) in [5.41, 5.74) is 7.13. The van der Waals surface area contributed by atoms with Crippen LogP contribution in [0.25, 0.3) is 17.2 Å². The molecule has 0 spiro atoms. The number of aromatic nitrogens is 3. The molecule has 0 fully saturated rings. The lowest BCUT2D eigenvalue weighted by Crippen LogP contribution is -2.02. The Morgan fingerprint density at radius 2 is 1.90 bits per heavy atom. The van der Waals surface area contributed by atoms with Gasteiger partial charge in [0.2, 0.25) is 0 Å². The van der Waals surface area contributed by atoms with E-state index in [1.807, 2.05) is 12.1 Å². The Morgan fingerprint density at radius 1 is 1.15 bits per heavy atom. The quantitative estimate of drug-likeness (QED) is 0.736. The van der Waals surface area contributed by atoms with E-state index in [-0.39, 0.29) is 10.8 Å². The van der Waals surface area contributed by atoms with Crippen LogP contribution in [0.15, 0.2) is 48.9 Å². The van der Waals surface area contributed by atoms with Gasteiger partial charge in [0, 0.05) is 29.8 Å². The maximum atomic E-state index is 14.0. The molecule has 3 aromatic rings. The predicted molar refractivity (Wildman–Crippen MR) is 76.2 cm³/mol. The molecule has 0 amide bonds. The fourth-order valence-electron chi connectivity index (χ4n) is 1.90. The number of benzene rings is 1. The minimum absolute atomic E-state index is 0.152. The van der Waals surface area contributed by atoms with Crippen LogP contribution in [0.4, 0.5) is 10.1 Å². The Morgan fingerprint density at radius 3 is 2.60 bits per heavy atom. The largest absolute Gasteiger partial charge is 0.399 e. The molecule has 0 radical (unpaired) electrons. The molecule has 3 rings (SSSR count). The fourth-order valence-corrected chi connectivity index (χ4v) is 2.05. The molecule has 0 saturated carbocycles. The van der Waals surface area contributed by atoms with Gasteiger partial charge in [0.15, 0.2) is 11.6 Å². The fraction of sp³-hybridized carbons (Fsp3) is 0. The van der Waals surface area contributed by atoms with Gasteiger partial charge in [-0.3, -0.25) is 4.57 Å². The first-order valence-corrected chi connectivity index (χ1v) is 6.23. The van der Waals surface area contributed by atoms with Crippen molar-refractivity contribution in [3.8, 4) is 17.2 Å². The average molecular weight is 289 g/mol. The SMILES string of the molecule is Nc1ccc(-c2nccn2-c2ncc(Cl)cc2F)cc1. The molecule has 4 nitrogen and oxygen atoms in total. The van der Waals surface area contributed by atoms with E-state index in [2.05, 4.69) is 9.97 Å². The molecule has 6 heteroatoms. The lowest BCUT2D eigenvalue weighted by Gasteiger charge is -2.08. The number of nitrogens with two attached hydrogens (primary N) is 1. The molecule has 1 aromatic carbocycles. The summed E-state index contributed by atoms with van der Waals surface area (Å²) >= 11 is 5.71. The highest BCUT2D eigenvalue weighted by Crippen LogP contribution is 2.23. The zero-order valence-electron chi connectivity index (χ0n) is 10.3. The second kappa shape index (κ2) is 4.94. The monoisotopic (exact) mass is 288 g/mol. The van der Waals surface area contributed by atoms with Crippen molar-refractivity contribution >= 4 is 17.3 Å². The number of halogens is 2. The van der Waals surface area contributed by atoms with Crippen LogP contribution in [0.5, 0.6) is 0 Å². The molecule has 0 aliphatic carbocycles. The van der Waals surface area contributed by atoms with Crippen LogP contribution < -0.4 is 5.73 Å². The summed E-state index contributed by atoms with van der Waals surface area (Å²) in [5, 5.41) is 0.250. The van der Waals surface area contributed by atoms with Crippen molar-refractivity contribution in [2.75, 3.05) is 5.73 Å². The lowest BCUT2D eigenvalue weighted by atomic mass is 10.2. The molecule has 0 bridgehead atoms. The van der Waals surface area contributed by atoms with E-state index in [0.717, 1.165) is 5.56 Å². The van der Waals surface area contributed by atoms with Gasteiger partial charge in [-0.05, 0) is 30.3 Å². The number of rotatable bonds is 2. The van der Waals surface area contributed by atoms with Gasteiger partial charge in [0.1, 0.15) is 5.82 Å². The maximum Gasteiger partial charge on any atom is 0.174 e. The first kappa shape index (κ1) is 12.6. The van der Waals surface area contributed by atoms with Crippen molar-refractivity contribution in [1.29, 1.82) is 0 Å². The molecule has 0 unspecified atom stereocenters. The van der Waals surface area contributed by atoms with Gasteiger partial charge >= 0.3 is 0 Å². The summed E-state index contributed by atoms with van der Waals surface area (Å²) in [6.45, 7) is 0. The Bertz CT molecular complexity index is 752. The van der Waals surface area contributed by atoms with E-state index >= 15 is 0 Å². The third-order valence-corrected chi connectivity index (χ3v) is 3.03. The minimum atomic E-state index is -0.507. The average Bonchev–Trinajstić information content (AvgIpc) is 2.88. The zero-order chi connectivity index (χ0) is 14.1. The van der Waals surface area contributed by atoms with Crippen LogP contribution in [0.1, 0.15) is 0 Å². The summed E-state index contributed by atoms with van der Waals surface area (Å²) < 4.78 is 15.5. The molecular formula is C14H10ClFN4. The molecule has 0 saturated heterocycles. The highest BCUT2D eigenvalue weighted by molar-refractivity contribution is 6.30. The van der Waals surface area contributed by atoms with Crippen LogP contribution in [-0.4, -0.2) is 14.5 Å². The molecule has 2 aromatic heterocycles. The van der Waals surface area contributed by atoms with E-state index < -0.39 is 5.82 Å². The van der Waals surface area contributed by atoms with Crippen molar-refractivity contribution < 1.29 is 4.39 Å². The van der Waals surface area contributed by atoms with E-state index in [0.29, 0.717) is 11.5 Å². The van der Waals surface area contributed by atoms with Crippen molar-refractivity contribution in [3.63, 3.8) is 0 Å². The molecule has 2 N–H and O–H groups in total. The second-order valence-electron chi connectivity index (χ2n) is 4.20. The van der Waals surface area contributed by atoms with Crippen LogP contribution in [0.3, 0.4) is 0 Å². The normalized spacial score (nSPS) is 10.7. The van der Waals surface area contributed by atoms with Crippen LogP contribution >= 0.6 is 11.6 Å². The molecule has 20 heavy (non-hydrogen) atoms. The third kappa shape index (κ3) is 2.23. The Kier molecular flexibility index (Phi) is 3.12. The second-order valence-corrected chi connectivity index (χ2v) is 4.64. The summed E-state index contributed by atoms with van der Waals surface area (Å²) in [7, 11) is 0. The lowest BCUT2D eigenvalue weighted by molar-refractivity contribution is 0.610. The van der Waals surface area contributed by atoms with E-state index in [9.17, 15) is 4.39 Å². The van der Waals surface area contributed by atoms with Crippen LogP contribution in [0, 0.1) is 5.82 Å². The molecule has 0 atom stereocenters. The number of hydrogen-bond acceptors (Lipinski definition) is 3. The van der Waals surface area contributed by atoms with Crippen molar-refractivity contribution in [2.45, 2.75) is 0 Å².